The number of aryl methyl sites for hydroxylation is 2. The molecule has 1 N–H and O–H groups in total. The van der Waals surface area contributed by atoms with Gasteiger partial charge in [-0.2, -0.15) is 5.26 Å². The van der Waals surface area contributed by atoms with Gasteiger partial charge in [0.25, 0.3) is 0 Å². The highest BCUT2D eigenvalue weighted by molar-refractivity contribution is 5.93. The lowest BCUT2D eigenvalue weighted by Gasteiger charge is -2.35. The Kier molecular flexibility index (Phi) is 7.13. The third-order valence-corrected chi connectivity index (χ3v) is 4.58. The van der Waals surface area contributed by atoms with Gasteiger partial charge in [0.05, 0.1) is 25.7 Å². The van der Waals surface area contributed by atoms with Gasteiger partial charge in [0.2, 0.25) is 11.8 Å². The molecular weight excluding hydrogens is 330 g/mol. The molecule has 0 atom stereocenters. The van der Waals surface area contributed by atoms with Crippen LogP contribution in [0.2, 0.25) is 0 Å². The summed E-state index contributed by atoms with van der Waals surface area (Å²) in [7, 11) is 1.76. The van der Waals surface area contributed by atoms with E-state index in [2.05, 4.69) is 10.2 Å². The van der Waals surface area contributed by atoms with E-state index in [0.717, 1.165) is 16.8 Å². The second-order valence-corrected chi connectivity index (χ2v) is 6.80. The van der Waals surface area contributed by atoms with Crippen LogP contribution in [0.4, 0.5) is 5.69 Å². The molecule has 7 nitrogen and oxygen atoms in total. The van der Waals surface area contributed by atoms with E-state index in [1.54, 1.807) is 16.8 Å². The fraction of sp³-hybridized carbons (Fsp3) is 0.526. The third kappa shape index (κ3) is 5.55. The molecule has 7 heteroatoms. The van der Waals surface area contributed by atoms with Gasteiger partial charge >= 0.3 is 0 Å². The first-order valence-electron chi connectivity index (χ1n) is 8.82. The number of amides is 2. The number of benzene rings is 1. The van der Waals surface area contributed by atoms with E-state index in [0.29, 0.717) is 32.7 Å². The van der Waals surface area contributed by atoms with Crippen molar-refractivity contribution < 1.29 is 9.59 Å². The van der Waals surface area contributed by atoms with Gasteiger partial charge < -0.3 is 10.2 Å². The Balaban J connectivity index is 1.79. The van der Waals surface area contributed by atoms with Crippen LogP contribution in [0.3, 0.4) is 0 Å². The largest absolute Gasteiger partial charge is 0.339 e. The maximum Gasteiger partial charge on any atom is 0.238 e. The number of anilines is 1. The van der Waals surface area contributed by atoms with E-state index in [1.807, 2.05) is 38.1 Å². The van der Waals surface area contributed by atoms with Crippen molar-refractivity contribution in [2.24, 2.45) is 0 Å². The number of carbonyl (C=O) groups is 2. The van der Waals surface area contributed by atoms with E-state index in [4.69, 9.17) is 5.26 Å². The van der Waals surface area contributed by atoms with Crippen molar-refractivity contribution >= 4 is 17.5 Å². The zero-order chi connectivity index (χ0) is 19.1. The highest BCUT2D eigenvalue weighted by Gasteiger charge is 2.23. The fourth-order valence-corrected chi connectivity index (χ4v) is 3.06. The molecule has 0 saturated carbocycles. The molecule has 0 aliphatic carbocycles. The van der Waals surface area contributed by atoms with Crippen LogP contribution in [0.5, 0.6) is 0 Å². The van der Waals surface area contributed by atoms with Gasteiger partial charge in [-0.15, -0.1) is 0 Å². The summed E-state index contributed by atoms with van der Waals surface area (Å²) in [5.74, 6) is -0.00156. The average Bonchev–Trinajstić information content (AvgIpc) is 2.59. The fourth-order valence-electron chi connectivity index (χ4n) is 3.06. The van der Waals surface area contributed by atoms with Gasteiger partial charge in [0.1, 0.15) is 0 Å². The Bertz CT molecular complexity index is 669. The maximum absolute atomic E-state index is 12.3. The predicted octanol–water partition coefficient (Wildman–Crippen LogP) is 0.842. The SMILES string of the molecule is Cc1cccc(C)c1NC(=O)CN1CCN(C(=O)CN(C)CC#N)CC1. The van der Waals surface area contributed by atoms with Gasteiger partial charge in [0.15, 0.2) is 0 Å². The van der Waals surface area contributed by atoms with Crippen LogP contribution in [0, 0.1) is 25.2 Å². The van der Waals surface area contributed by atoms with Crippen molar-refractivity contribution in [2.75, 3.05) is 58.2 Å². The number of rotatable bonds is 6. The van der Waals surface area contributed by atoms with E-state index in [-0.39, 0.29) is 24.9 Å². The zero-order valence-electron chi connectivity index (χ0n) is 15.8. The molecule has 0 unspecified atom stereocenters. The number of nitrogens with one attached hydrogen (secondary N) is 1. The molecule has 1 fully saturated rings. The highest BCUT2D eigenvalue weighted by atomic mass is 16.2. The number of carbonyl (C=O) groups excluding carboxylic acids is 2. The summed E-state index contributed by atoms with van der Waals surface area (Å²) in [4.78, 5) is 30.1. The molecule has 2 rings (SSSR count). The van der Waals surface area contributed by atoms with Crippen LogP contribution in [0.1, 0.15) is 11.1 Å². The van der Waals surface area contributed by atoms with Crippen molar-refractivity contribution in [2.45, 2.75) is 13.8 Å². The second kappa shape index (κ2) is 9.32. The van der Waals surface area contributed by atoms with Crippen molar-refractivity contribution in [1.82, 2.24) is 14.7 Å². The van der Waals surface area contributed by atoms with E-state index in [9.17, 15) is 9.59 Å². The van der Waals surface area contributed by atoms with E-state index in [1.165, 1.54) is 0 Å². The van der Waals surface area contributed by atoms with Gasteiger partial charge in [-0.3, -0.25) is 19.4 Å². The predicted molar refractivity (Wildman–Crippen MR) is 101 cm³/mol. The second-order valence-electron chi connectivity index (χ2n) is 6.80. The maximum atomic E-state index is 12.3. The van der Waals surface area contributed by atoms with Crippen molar-refractivity contribution in [3.63, 3.8) is 0 Å². The van der Waals surface area contributed by atoms with Crippen LogP contribution in [-0.4, -0.2) is 79.4 Å². The quantitative estimate of drug-likeness (QED) is 0.763. The first-order chi connectivity index (χ1) is 12.4. The molecule has 2 amide bonds. The minimum absolute atomic E-state index is 0.0300. The minimum atomic E-state index is -0.0315. The highest BCUT2D eigenvalue weighted by Crippen LogP contribution is 2.19. The van der Waals surface area contributed by atoms with E-state index >= 15 is 0 Å². The van der Waals surface area contributed by atoms with Crippen molar-refractivity contribution in [3.8, 4) is 6.07 Å². The van der Waals surface area contributed by atoms with Crippen LogP contribution in [-0.2, 0) is 9.59 Å². The minimum Gasteiger partial charge on any atom is -0.339 e. The molecule has 1 aliphatic heterocycles. The monoisotopic (exact) mass is 357 g/mol. The number of nitrogens with zero attached hydrogens (tertiary/aromatic N) is 4. The molecule has 0 radical (unpaired) electrons. The smallest absolute Gasteiger partial charge is 0.238 e. The van der Waals surface area contributed by atoms with Gasteiger partial charge in [0, 0.05) is 31.9 Å². The Morgan fingerprint density at radius 1 is 1.19 bits per heavy atom. The Hall–Kier alpha value is -2.43. The zero-order valence-corrected chi connectivity index (χ0v) is 15.8. The molecule has 0 spiro atoms. The number of hydrogen-bond donors (Lipinski definition) is 1. The van der Waals surface area contributed by atoms with Crippen molar-refractivity contribution in [3.05, 3.63) is 29.3 Å². The number of piperazine rings is 1. The lowest BCUT2D eigenvalue weighted by atomic mass is 10.1. The normalized spacial score (nSPS) is 15.0. The van der Waals surface area contributed by atoms with Crippen LogP contribution < -0.4 is 5.32 Å². The number of hydrogen-bond acceptors (Lipinski definition) is 5. The van der Waals surface area contributed by atoms with Gasteiger partial charge in [-0.25, -0.2) is 0 Å². The number of likely N-dealkylation sites (N-methyl/N-ethyl adjacent to an activating group) is 1. The molecular formula is C19H27N5O2. The Morgan fingerprint density at radius 2 is 1.81 bits per heavy atom. The summed E-state index contributed by atoms with van der Waals surface area (Å²) < 4.78 is 0. The summed E-state index contributed by atoms with van der Waals surface area (Å²) in [6.07, 6.45) is 0. The molecule has 1 aliphatic rings. The molecule has 140 valence electrons. The Morgan fingerprint density at radius 3 is 2.38 bits per heavy atom. The summed E-state index contributed by atoms with van der Waals surface area (Å²) in [5, 5.41) is 11.7. The number of para-hydroxylation sites is 1. The van der Waals surface area contributed by atoms with Crippen LogP contribution in [0.25, 0.3) is 0 Å². The van der Waals surface area contributed by atoms with Crippen molar-refractivity contribution in [1.29, 1.82) is 5.26 Å². The molecule has 1 aromatic carbocycles. The molecule has 1 saturated heterocycles. The molecule has 0 bridgehead atoms. The van der Waals surface area contributed by atoms with E-state index < -0.39 is 0 Å². The summed E-state index contributed by atoms with van der Waals surface area (Å²) in [6.45, 7) is 7.34. The lowest BCUT2D eigenvalue weighted by Crippen LogP contribution is -2.52. The van der Waals surface area contributed by atoms with Gasteiger partial charge in [-0.05, 0) is 32.0 Å². The van der Waals surface area contributed by atoms with Crippen LogP contribution >= 0.6 is 0 Å². The molecule has 26 heavy (non-hydrogen) atoms. The lowest BCUT2D eigenvalue weighted by molar-refractivity contribution is -0.133. The topological polar surface area (TPSA) is 79.7 Å². The molecule has 1 heterocycles. The Labute approximate surface area is 155 Å². The first kappa shape index (κ1) is 19.9. The summed E-state index contributed by atoms with van der Waals surface area (Å²) in [6, 6.07) is 7.98. The molecule has 1 aromatic rings. The standard InChI is InChI=1S/C19H27N5O2/c1-15-5-4-6-16(2)19(15)21-17(25)13-23-9-11-24(12-10-23)18(26)14-22(3)8-7-20/h4-6H,8-14H2,1-3H3,(H,21,25). The summed E-state index contributed by atoms with van der Waals surface area (Å²) >= 11 is 0. The van der Waals surface area contributed by atoms with Crippen LogP contribution in [0.15, 0.2) is 18.2 Å². The van der Waals surface area contributed by atoms with Gasteiger partial charge in [-0.1, -0.05) is 18.2 Å². The third-order valence-electron chi connectivity index (χ3n) is 4.58. The number of nitriles is 1. The first-order valence-corrected chi connectivity index (χ1v) is 8.82. The average molecular weight is 357 g/mol. The summed E-state index contributed by atoms with van der Waals surface area (Å²) in [5.41, 5.74) is 2.98. The molecule has 0 aromatic heterocycles.